The molecule has 0 unspecified atom stereocenters. The minimum atomic E-state index is -0.854. The van der Waals surface area contributed by atoms with Gasteiger partial charge in [0, 0.05) is 6.42 Å². The summed E-state index contributed by atoms with van der Waals surface area (Å²) in [6, 6.07) is 6.17. The number of rotatable bonds is 5. The number of halogens is 1. The second-order valence-corrected chi connectivity index (χ2v) is 4.30. The fourth-order valence-corrected chi connectivity index (χ4v) is 1.77. The van der Waals surface area contributed by atoms with Gasteiger partial charge >= 0.3 is 5.97 Å². The van der Waals surface area contributed by atoms with Gasteiger partial charge in [-0.15, -0.1) is 5.10 Å². The normalized spacial score (nSPS) is 10.6. The SMILES string of the molecule is Cc1c(CCC(=O)O)nnn1Cc1ccc(F)cc1. The van der Waals surface area contributed by atoms with E-state index in [4.69, 9.17) is 5.11 Å². The van der Waals surface area contributed by atoms with Gasteiger partial charge in [0.25, 0.3) is 0 Å². The molecular formula is C13H14FN3O2. The van der Waals surface area contributed by atoms with Gasteiger partial charge in [0.15, 0.2) is 0 Å². The number of carboxylic acid groups (broad SMARTS) is 1. The minimum absolute atomic E-state index is 0.0378. The van der Waals surface area contributed by atoms with Gasteiger partial charge < -0.3 is 5.11 Å². The van der Waals surface area contributed by atoms with Gasteiger partial charge in [0.1, 0.15) is 5.82 Å². The quantitative estimate of drug-likeness (QED) is 0.893. The van der Waals surface area contributed by atoms with Crippen LogP contribution in [-0.2, 0) is 17.8 Å². The van der Waals surface area contributed by atoms with Gasteiger partial charge in [-0.05, 0) is 24.6 Å². The van der Waals surface area contributed by atoms with Crippen molar-refractivity contribution in [2.24, 2.45) is 0 Å². The van der Waals surface area contributed by atoms with Gasteiger partial charge in [-0.2, -0.15) is 0 Å². The number of hydrogen-bond acceptors (Lipinski definition) is 3. The molecule has 0 spiro atoms. The molecule has 100 valence electrons. The Kier molecular flexibility index (Phi) is 3.89. The van der Waals surface area contributed by atoms with Crippen molar-refractivity contribution in [3.8, 4) is 0 Å². The van der Waals surface area contributed by atoms with Crippen LogP contribution in [0.25, 0.3) is 0 Å². The highest BCUT2D eigenvalue weighted by atomic mass is 19.1. The van der Waals surface area contributed by atoms with Crippen LogP contribution >= 0.6 is 0 Å². The van der Waals surface area contributed by atoms with Crippen LogP contribution in [0.3, 0.4) is 0 Å². The van der Waals surface area contributed by atoms with E-state index < -0.39 is 5.97 Å². The van der Waals surface area contributed by atoms with Crippen LogP contribution in [0.2, 0.25) is 0 Å². The molecule has 1 aromatic heterocycles. The molecule has 19 heavy (non-hydrogen) atoms. The van der Waals surface area contributed by atoms with Crippen LogP contribution < -0.4 is 0 Å². The highest BCUT2D eigenvalue weighted by Gasteiger charge is 2.10. The van der Waals surface area contributed by atoms with Crippen LogP contribution in [0, 0.1) is 12.7 Å². The van der Waals surface area contributed by atoms with E-state index in [1.807, 2.05) is 6.92 Å². The van der Waals surface area contributed by atoms with E-state index in [9.17, 15) is 9.18 Å². The molecule has 1 heterocycles. The van der Waals surface area contributed by atoms with Crippen molar-refractivity contribution in [3.63, 3.8) is 0 Å². The second kappa shape index (κ2) is 5.60. The summed E-state index contributed by atoms with van der Waals surface area (Å²) < 4.78 is 14.5. The van der Waals surface area contributed by atoms with E-state index in [1.165, 1.54) is 12.1 Å². The second-order valence-electron chi connectivity index (χ2n) is 4.30. The zero-order valence-corrected chi connectivity index (χ0v) is 10.5. The standard InChI is InChI=1S/C13H14FN3O2/c1-9-12(6-7-13(18)19)15-16-17(9)8-10-2-4-11(14)5-3-10/h2-5H,6-8H2,1H3,(H,18,19). The largest absolute Gasteiger partial charge is 0.481 e. The Morgan fingerprint density at radius 1 is 1.37 bits per heavy atom. The predicted octanol–water partition coefficient (Wildman–Crippen LogP) is 1.79. The molecule has 0 aliphatic carbocycles. The predicted molar refractivity (Wildman–Crippen MR) is 66.2 cm³/mol. The molecule has 1 aromatic carbocycles. The Balaban J connectivity index is 2.09. The summed E-state index contributed by atoms with van der Waals surface area (Å²) in [4.78, 5) is 10.5. The third-order valence-electron chi connectivity index (χ3n) is 2.90. The summed E-state index contributed by atoms with van der Waals surface area (Å²) in [7, 11) is 0. The monoisotopic (exact) mass is 263 g/mol. The number of carbonyl (C=O) groups is 1. The van der Waals surface area contributed by atoms with Gasteiger partial charge in [0.05, 0.1) is 24.4 Å². The molecule has 2 rings (SSSR count). The highest BCUT2D eigenvalue weighted by Crippen LogP contribution is 2.10. The number of benzene rings is 1. The van der Waals surface area contributed by atoms with Crippen LogP contribution in [0.15, 0.2) is 24.3 Å². The summed E-state index contributed by atoms with van der Waals surface area (Å²) in [5.41, 5.74) is 2.44. The molecule has 0 bridgehead atoms. The van der Waals surface area contributed by atoms with Crippen molar-refractivity contribution >= 4 is 5.97 Å². The van der Waals surface area contributed by atoms with E-state index in [0.717, 1.165) is 11.3 Å². The number of aromatic nitrogens is 3. The van der Waals surface area contributed by atoms with Gasteiger partial charge in [-0.3, -0.25) is 4.79 Å². The average Bonchev–Trinajstić information content (AvgIpc) is 2.71. The maximum atomic E-state index is 12.8. The van der Waals surface area contributed by atoms with E-state index in [2.05, 4.69) is 10.3 Å². The molecule has 0 atom stereocenters. The number of hydrogen-bond donors (Lipinski definition) is 1. The number of aliphatic carboxylic acids is 1. The first-order valence-corrected chi connectivity index (χ1v) is 5.91. The topological polar surface area (TPSA) is 68.0 Å². The zero-order valence-electron chi connectivity index (χ0n) is 10.5. The molecule has 0 amide bonds. The van der Waals surface area contributed by atoms with Crippen molar-refractivity contribution in [1.29, 1.82) is 0 Å². The Morgan fingerprint density at radius 2 is 2.05 bits per heavy atom. The maximum absolute atomic E-state index is 12.8. The lowest BCUT2D eigenvalue weighted by atomic mass is 10.2. The number of nitrogens with zero attached hydrogens (tertiary/aromatic N) is 3. The Morgan fingerprint density at radius 3 is 2.68 bits per heavy atom. The van der Waals surface area contributed by atoms with E-state index in [0.29, 0.717) is 18.7 Å². The fourth-order valence-electron chi connectivity index (χ4n) is 1.77. The van der Waals surface area contributed by atoms with E-state index >= 15 is 0 Å². The summed E-state index contributed by atoms with van der Waals surface area (Å²) in [6.07, 6.45) is 0.403. The lowest BCUT2D eigenvalue weighted by Crippen LogP contribution is -2.05. The molecule has 0 aliphatic rings. The molecule has 0 saturated heterocycles. The third kappa shape index (κ3) is 3.37. The summed E-state index contributed by atoms with van der Waals surface area (Å²) >= 11 is 0. The number of carboxylic acids is 1. The zero-order chi connectivity index (χ0) is 13.8. The molecule has 5 nitrogen and oxygen atoms in total. The Bertz CT molecular complexity index is 578. The smallest absolute Gasteiger partial charge is 0.303 e. The third-order valence-corrected chi connectivity index (χ3v) is 2.90. The Hall–Kier alpha value is -2.24. The van der Waals surface area contributed by atoms with Crippen molar-refractivity contribution in [3.05, 3.63) is 47.0 Å². The highest BCUT2D eigenvalue weighted by molar-refractivity contribution is 5.67. The van der Waals surface area contributed by atoms with Crippen molar-refractivity contribution in [2.45, 2.75) is 26.3 Å². The first-order chi connectivity index (χ1) is 9.06. The lowest BCUT2D eigenvalue weighted by Gasteiger charge is -2.04. The molecule has 6 heteroatoms. The van der Waals surface area contributed by atoms with E-state index in [-0.39, 0.29) is 12.2 Å². The maximum Gasteiger partial charge on any atom is 0.303 e. The van der Waals surface area contributed by atoms with Crippen LogP contribution in [0.1, 0.15) is 23.4 Å². The first-order valence-electron chi connectivity index (χ1n) is 5.91. The first kappa shape index (κ1) is 13.2. The average molecular weight is 263 g/mol. The van der Waals surface area contributed by atoms with Crippen molar-refractivity contribution < 1.29 is 14.3 Å². The molecule has 1 N–H and O–H groups in total. The van der Waals surface area contributed by atoms with Crippen LogP contribution in [0.5, 0.6) is 0 Å². The van der Waals surface area contributed by atoms with Crippen LogP contribution in [-0.4, -0.2) is 26.1 Å². The number of aryl methyl sites for hydroxylation is 1. The van der Waals surface area contributed by atoms with E-state index in [1.54, 1.807) is 16.8 Å². The van der Waals surface area contributed by atoms with Crippen molar-refractivity contribution in [1.82, 2.24) is 15.0 Å². The van der Waals surface area contributed by atoms with Crippen molar-refractivity contribution in [2.75, 3.05) is 0 Å². The molecule has 0 saturated carbocycles. The molecular weight excluding hydrogens is 249 g/mol. The van der Waals surface area contributed by atoms with Gasteiger partial charge in [-0.1, -0.05) is 17.3 Å². The summed E-state index contributed by atoms with van der Waals surface area (Å²) in [5, 5.41) is 16.6. The van der Waals surface area contributed by atoms with Gasteiger partial charge in [0.2, 0.25) is 0 Å². The molecule has 0 aliphatic heterocycles. The summed E-state index contributed by atoms with van der Waals surface area (Å²) in [5.74, 6) is -1.13. The van der Waals surface area contributed by atoms with Crippen LogP contribution in [0.4, 0.5) is 4.39 Å². The molecule has 0 fully saturated rings. The molecule has 2 aromatic rings. The Labute approximate surface area is 109 Å². The summed E-state index contributed by atoms with van der Waals surface area (Å²) in [6.45, 7) is 2.34. The fraction of sp³-hybridized carbons (Fsp3) is 0.308. The molecule has 0 radical (unpaired) electrons. The van der Waals surface area contributed by atoms with Gasteiger partial charge in [-0.25, -0.2) is 9.07 Å². The minimum Gasteiger partial charge on any atom is -0.481 e. The lowest BCUT2D eigenvalue weighted by molar-refractivity contribution is -0.136.